The Balaban J connectivity index is 1.89. The van der Waals surface area contributed by atoms with Gasteiger partial charge in [0.25, 0.3) is 5.91 Å². The second-order valence-electron chi connectivity index (χ2n) is 6.55. The van der Waals surface area contributed by atoms with E-state index < -0.39 is 6.04 Å². The number of carbonyl (C=O) groups is 1. The summed E-state index contributed by atoms with van der Waals surface area (Å²) in [6.07, 6.45) is 0.402. The minimum absolute atomic E-state index is 0.0159. The smallest absolute Gasteiger partial charge is 0.273 e. The van der Waals surface area contributed by atoms with Crippen LogP contribution in [0.3, 0.4) is 0 Å². The van der Waals surface area contributed by atoms with Crippen LogP contribution in [0.1, 0.15) is 34.1 Å². The number of H-pyrrole nitrogens is 1. The summed E-state index contributed by atoms with van der Waals surface area (Å²) in [6.45, 7) is 0.259. The lowest BCUT2D eigenvalue weighted by atomic mass is 9.95. The van der Waals surface area contributed by atoms with Gasteiger partial charge < -0.3 is 15.1 Å². The molecule has 0 bridgehead atoms. The number of nitrogens with zero attached hydrogens (tertiary/aromatic N) is 2. The minimum atomic E-state index is -0.526. The number of halogens is 2. The summed E-state index contributed by atoms with van der Waals surface area (Å²) < 4.78 is 13.4. The van der Waals surface area contributed by atoms with Gasteiger partial charge in [-0.15, -0.1) is 0 Å². The van der Waals surface area contributed by atoms with Crippen molar-refractivity contribution in [2.75, 3.05) is 13.2 Å². The number of aliphatic hydroxyl groups excluding tert-OH is 1. The fourth-order valence-electron chi connectivity index (χ4n) is 3.56. The highest BCUT2D eigenvalue weighted by Gasteiger charge is 2.42. The van der Waals surface area contributed by atoms with Crippen LogP contribution in [-0.4, -0.2) is 44.4 Å². The molecular formula is C20H17ClFN3O3. The molecule has 0 saturated heterocycles. The summed E-state index contributed by atoms with van der Waals surface area (Å²) >= 11 is 6.09. The predicted molar refractivity (Wildman–Crippen MR) is 102 cm³/mol. The molecule has 0 spiro atoms. The Labute approximate surface area is 165 Å². The van der Waals surface area contributed by atoms with Crippen LogP contribution in [0.5, 0.6) is 5.75 Å². The van der Waals surface area contributed by atoms with Crippen LogP contribution >= 0.6 is 11.6 Å². The van der Waals surface area contributed by atoms with E-state index in [1.807, 2.05) is 0 Å². The normalized spacial score (nSPS) is 15.9. The monoisotopic (exact) mass is 401 g/mol. The van der Waals surface area contributed by atoms with Crippen molar-refractivity contribution in [1.29, 1.82) is 0 Å². The van der Waals surface area contributed by atoms with Crippen LogP contribution in [0.4, 0.5) is 4.39 Å². The molecule has 1 aromatic heterocycles. The highest BCUT2D eigenvalue weighted by Crippen LogP contribution is 2.44. The molecular weight excluding hydrogens is 385 g/mol. The van der Waals surface area contributed by atoms with Crippen molar-refractivity contribution in [3.63, 3.8) is 0 Å². The number of aliphatic hydroxyl groups is 1. The molecule has 3 aromatic rings. The highest BCUT2D eigenvalue weighted by atomic mass is 35.5. The quantitative estimate of drug-likeness (QED) is 0.610. The number of aromatic nitrogens is 2. The third kappa shape index (κ3) is 3.02. The van der Waals surface area contributed by atoms with E-state index in [0.29, 0.717) is 46.1 Å². The van der Waals surface area contributed by atoms with Crippen molar-refractivity contribution in [3.8, 4) is 17.0 Å². The molecule has 1 aliphatic rings. The van der Waals surface area contributed by atoms with Gasteiger partial charge in [0.2, 0.25) is 0 Å². The molecule has 0 fully saturated rings. The van der Waals surface area contributed by atoms with Gasteiger partial charge >= 0.3 is 0 Å². The number of hydrogen-bond donors (Lipinski definition) is 3. The van der Waals surface area contributed by atoms with Crippen molar-refractivity contribution >= 4 is 17.5 Å². The molecule has 6 nitrogen and oxygen atoms in total. The largest absolute Gasteiger partial charge is 0.507 e. The summed E-state index contributed by atoms with van der Waals surface area (Å²) in [4.78, 5) is 14.6. The molecule has 2 aromatic carbocycles. The van der Waals surface area contributed by atoms with Crippen LogP contribution in [0.15, 0.2) is 42.5 Å². The number of nitrogens with one attached hydrogen (secondary N) is 1. The van der Waals surface area contributed by atoms with Gasteiger partial charge in [-0.2, -0.15) is 5.10 Å². The fourth-order valence-corrected chi connectivity index (χ4v) is 3.74. The molecule has 4 rings (SSSR count). The average Bonchev–Trinajstić information content (AvgIpc) is 3.22. The molecule has 1 aliphatic heterocycles. The van der Waals surface area contributed by atoms with E-state index >= 15 is 0 Å². The van der Waals surface area contributed by atoms with Gasteiger partial charge in [0.15, 0.2) is 0 Å². The van der Waals surface area contributed by atoms with E-state index in [-0.39, 0.29) is 24.1 Å². The van der Waals surface area contributed by atoms with Crippen LogP contribution in [0.2, 0.25) is 5.02 Å². The lowest BCUT2D eigenvalue weighted by Crippen LogP contribution is -2.31. The Kier molecular flexibility index (Phi) is 4.78. The Morgan fingerprint density at radius 1 is 1.21 bits per heavy atom. The van der Waals surface area contributed by atoms with Crippen LogP contribution < -0.4 is 0 Å². The van der Waals surface area contributed by atoms with Gasteiger partial charge in [0.05, 0.1) is 6.04 Å². The molecule has 3 N–H and O–H groups in total. The molecule has 8 heteroatoms. The number of benzene rings is 2. The van der Waals surface area contributed by atoms with Gasteiger partial charge in [-0.3, -0.25) is 9.89 Å². The molecule has 0 radical (unpaired) electrons. The van der Waals surface area contributed by atoms with Crippen LogP contribution in [-0.2, 0) is 0 Å². The van der Waals surface area contributed by atoms with Crippen LogP contribution in [0, 0.1) is 5.82 Å². The number of amides is 1. The number of fused-ring (bicyclic) bond motifs is 1. The third-order valence-electron chi connectivity index (χ3n) is 4.82. The van der Waals surface area contributed by atoms with Crippen molar-refractivity contribution in [2.24, 2.45) is 0 Å². The van der Waals surface area contributed by atoms with Crippen molar-refractivity contribution in [1.82, 2.24) is 15.1 Å². The van der Waals surface area contributed by atoms with E-state index in [1.54, 1.807) is 29.2 Å². The summed E-state index contributed by atoms with van der Waals surface area (Å²) in [5.41, 5.74) is 2.41. The zero-order valence-electron chi connectivity index (χ0n) is 14.7. The van der Waals surface area contributed by atoms with Crippen molar-refractivity contribution < 1.29 is 19.4 Å². The molecule has 1 unspecified atom stereocenters. The highest BCUT2D eigenvalue weighted by molar-refractivity contribution is 6.31. The maximum absolute atomic E-state index is 13.4. The molecule has 1 atom stereocenters. The topological polar surface area (TPSA) is 89.5 Å². The molecule has 0 saturated carbocycles. The second-order valence-corrected chi connectivity index (χ2v) is 6.99. The van der Waals surface area contributed by atoms with Gasteiger partial charge in [-0.1, -0.05) is 23.7 Å². The fraction of sp³-hybridized carbons (Fsp3) is 0.200. The minimum Gasteiger partial charge on any atom is -0.507 e. The summed E-state index contributed by atoms with van der Waals surface area (Å²) in [7, 11) is 0. The number of carbonyl (C=O) groups excluding carboxylic acids is 1. The molecule has 144 valence electrons. The number of rotatable bonds is 5. The van der Waals surface area contributed by atoms with E-state index in [4.69, 9.17) is 11.6 Å². The predicted octanol–water partition coefficient (Wildman–Crippen LogP) is 3.50. The summed E-state index contributed by atoms with van der Waals surface area (Å²) in [6, 6.07) is 9.97. The Morgan fingerprint density at radius 3 is 2.68 bits per heavy atom. The average molecular weight is 402 g/mol. The number of aromatic amines is 1. The SMILES string of the molecule is O=C1c2[nH]nc(-c3cc(Cl)ccc3O)c2C(c2ccc(F)cc2)N1CCCO. The Hall–Kier alpha value is -2.90. The van der Waals surface area contributed by atoms with Gasteiger partial charge in [-0.05, 0) is 42.3 Å². The lowest BCUT2D eigenvalue weighted by Gasteiger charge is -2.26. The zero-order chi connectivity index (χ0) is 19.8. The first-order valence-electron chi connectivity index (χ1n) is 8.75. The van der Waals surface area contributed by atoms with E-state index in [2.05, 4.69) is 10.2 Å². The van der Waals surface area contributed by atoms with Gasteiger partial charge in [0.1, 0.15) is 23.0 Å². The Morgan fingerprint density at radius 2 is 1.96 bits per heavy atom. The number of aromatic hydroxyl groups is 1. The molecule has 0 aliphatic carbocycles. The third-order valence-corrected chi connectivity index (χ3v) is 5.06. The maximum Gasteiger partial charge on any atom is 0.273 e. The number of phenols is 1. The first kappa shape index (κ1) is 18.5. The van der Waals surface area contributed by atoms with Gasteiger partial charge in [-0.25, -0.2) is 4.39 Å². The summed E-state index contributed by atoms with van der Waals surface area (Å²) in [5.74, 6) is -0.661. The summed E-state index contributed by atoms with van der Waals surface area (Å²) in [5, 5.41) is 27.0. The van der Waals surface area contributed by atoms with Crippen molar-refractivity contribution in [3.05, 3.63) is 70.1 Å². The second kappa shape index (κ2) is 7.26. The Bertz CT molecular complexity index is 1040. The van der Waals surface area contributed by atoms with E-state index in [0.717, 1.165) is 0 Å². The number of hydrogen-bond acceptors (Lipinski definition) is 4. The zero-order valence-corrected chi connectivity index (χ0v) is 15.4. The first-order chi connectivity index (χ1) is 13.5. The standard InChI is InChI=1S/C20H17ClFN3O3/c21-12-4-7-15(27)14(10-12)17-16-18(24-23-17)20(28)25(8-1-9-26)19(16)11-2-5-13(22)6-3-11/h2-7,10,19,26-27H,1,8-9H2,(H,23,24). The van der Waals surface area contributed by atoms with E-state index in [1.165, 1.54) is 18.2 Å². The molecule has 28 heavy (non-hydrogen) atoms. The van der Waals surface area contributed by atoms with Crippen LogP contribution in [0.25, 0.3) is 11.3 Å². The molecule has 2 heterocycles. The van der Waals surface area contributed by atoms with E-state index in [9.17, 15) is 19.4 Å². The first-order valence-corrected chi connectivity index (χ1v) is 9.13. The maximum atomic E-state index is 13.4. The van der Waals surface area contributed by atoms with Gasteiger partial charge in [0, 0.05) is 29.3 Å². The molecule has 1 amide bonds. The lowest BCUT2D eigenvalue weighted by molar-refractivity contribution is 0.0732. The van der Waals surface area contributed by atoms with Crippen molar-refractivity contribution in [2.45, 2.75) is 12.5 Å². The number of phenolic OH excluding ortho intramolecular Hbond substituents is 1.